The summed E-state index contributed by atoms with van der Waals surface area (Å²) in [5.74, 6) is 0.136. The van der Waals surface area contributed by atoms with Crippen molar-refractivity contribution in [2.75, 3.05) is 13.1 Å². The summed E-state index contributed by atoms with van der Waals surface area (Å²) in [6.45, 7) is 12.5. The summed E-state index contributed by atoms with van der Waals surface area (Å²) >= 11 is 0. The highest BCUT2D eigenvalue weighted by Crippen LogP contribution is 2.23. The van der Waals surface area contributed by atoms with E-state index in [0.717, 1.165) is 12.8 Å². The van der Waals surface area contributed by atoms with Crippen molar-refractivity contribution in [3.05, 3.63) is 0 Å². The maximum atomic E-state index is 11.9. The SMILES string of the molecule is CC(C)(C)OC(=O)CC1CCN(C(=O)OC(C)(C)C)CC1. The van der Waals surface area contributed by atoms with Gasteiger partial charge in [0.2, 0.25) is 0 Å². The van der Waals surface area contributed by atoms with Crippen molar-refractivity contribution < 1.29 is 19.1 Å². The molecule has 1 aliphatic rings. The van der Waals surface area contributed by atoms with Crippen LogP contribution in [0.25, 0.3) is 0 Å². The van der Waals surface area contributed by atoms with Crippen LogP contribution in [0.1, 0.15) is 60.8 Å². The summed E-state index contributed by atoms with van der Waals surface area (Å²) in [4.78, 5) is 25.5. The predicted octanol–water partition coefficient (Wildman–Crippen LogP) is 3.37. The molecule has 5 heteroatoms. The monoisotopic (exact) mass is 299 g/mol. The van der Waals surface area contributed by atoms with E-state index in [1.807, 2.05) is 41.5 Å². The molecule has 0 atom stereocenters. The summed E-state index contributed by atoms with van der Waals surface area (Å²) in [6, 6.07) is 0. The highest BCUT2D eigenvalue weighted by molar-refractivity contribution is 5.70. The number of piperidine rings is 1. The van der Waals surface area contributed by atoms with Gasteiger partial charge in [-0.2, -0.15) is 0 Å². The summed E-state index contributed by atoms with van der Waals surface area (Å²) in [7, 11) is 0. The molecule has 0 aliphatic carbocycles. The number of esters is 1. The minimum Gasteiger partial charge on any atom is -0.460 e. The molecule has 0 spiro atoms. The van der Waals surface area contributed by atoms with Gasteiger partial charge in [0, 0.05) is 19.5 Å². The lowest BCUT2D eigenvalue weighted by atomic mass is 9.94. The Bertz CT molecular complexity index is 371. The number of amides is 1. The molecule has 1 fully saturated rings. The molecule has 0 unspecified atom stereocenters. The van der Waals surface area contributed by atoms with Crippen molar-refractivity contribution in [3.8, 4) is 0 Å². The second kappa shape index (κ2) is 6.67. The number of carbonyl (C=O) groups is 2. The van der Waals surface area contributed by atoms with E-state index in [9.17, 15) is 9.59 Å². The number of carbonyl (C=O) groups excluding carboxylic acids is 2. The zero-order valence-electron chi connectivity index (χ0n) is 14.2. The van der Waals surface area contributed by atoms with Crippen LogP contribution in [0, 0.1) is 5.92 Å². The van der Waals surface area contributed by atoms with Crippen molar-refractivity contribution in [1.29, 1.82) is 0 Å². The largest absolute Gasteiger partial charge is 0.460 e. The van der Waals surface area contributed by atoms with Gasteiger partial charge in [-0.1, -0.05) is 0 Å². The van der Waals surface area contributed by atoms with E-state index < -0.39 is 11.2 Å². The lowest BCUT2D eigenvalue weighted by Crippen LogP contribution is -2.42. The Morgan fingerprint density at radius 3 is 1.86 bits per heavy atom. The minimum absolute atomic E-state index is 0.154. The summed E-state index contributed by atoms with van der Waals surface area (Å²) in [6.07, 6.45) is 1.80. The maximum absolute atomic E-state index is 11.9. The van der Waals surface area contributed by atoms with E-state index in [1.54, 1.807) is 4.90 Å². The van der Waals surface area contributed by atoms with Gasteiger partial charge in [-0.05, 0) is 60.3 Å². The average molecular weight is 299 g/mol. The van der Waals surface area contributed by atoms with Crippen LogP contribution in [-0.2, 0) is 14.3 Å². The summed E-state index contributed by atoms with van der Waals surface area (Å²) in [5.41, 5.74) is -0.904. The normalized spacial score (nSPS) is 17.5. The molecule has 0 aromatic carbocycles. The Morgan fingerprint density at radius 1 is 0.952 bits per heavy atom. The van der Waals surface area contributed by atoms with E-state index in [4.69, 9.17) is 9.47 Å². The van der Waals surface area contributed by atoms with Crippen molar-refractivity contribution in [1.82, 2.24) is 4.90 Å². The zero-order chi connectivity index (χ0) is 16.3. The van der Waals surface area contributed by atoms with E-state index in [2.05, 4.69) is 0 Å². The number of nitrogens with zero attached hydrogens (tertiary/aromatic N) is 1. The molecule has 0 N–H and O–H groups in total. The third kappa shape index (κ3) is 7.34. The van der Waals surface area contributed by atoms with Gasteiger partial charge in [0.15, 0.2) is 0 Å². The van der Waals surface area contributed by atoms with Crippen molar-refractivity contribution in [2.45, 2.75) is 72.0 Å². The molecule has 1 aliphatic heterocycles. The lowest BCUT2D eigenvalue weighted by molar-refractivity contribution is -0.156. The highest BCUT2D eigenvalue weighted by Gasteiger charge is 2.28. The van der Waals surface area contributed by atoms with E-state index >= 15 is 0 Å². The number of ether oxygens (including phenoxy) is 2. The molecule has 1 rings (SSSR count). The number of hydrogen-bond acceptors (Lipinski definition) is 4. The van der Waals surface area contributed by atoms with Gasteiger partial charge in [-0.15, -0.1) is 0 Å². The minimum atomic E-state index is -0.468. The number of hydrogen-bond donors (Lipinski definition) is 0. The van der Waals surface area contributed by atoms with Crippen molar-refractivity contribution in [3.63, 3.8) is 0 Å². The van der Waals surface area contributed by atoms with E-state index in [1.165, 1.54) is 0 Å². The topological polar surface area (TPSA) is 55.8 Å². The van der Waals surface area contributed by atoms with Crippen LogP contribution in [0.2, 0.25) is 0 Å². The second-order valence-electron chi connectivity index (χ2n) is 7.70. The first kappa shape index (κ1) is 17.8. The molecule has 1 heterocycles. The Morgan fingerprint density at radius 2 is 1.43 bits per heavy atom. The van der Waals surface area contributed by atoms with Crippen LogP contribution in [0.4, 0.5) is 4.79 Å². The number of likely N-dealkylation sites (tertiary alicyclic amines) is 1. The Kier molecular flexibility index (Phi) is 5.65. The van der Waals surface area contributed by atoms with E-state index in [0.29, 0.717) is 25.4 Å². The van der Waals surface area contributed by atoms with Gasteiger partial charge in [-0.3, -0.25) is 4.79 Å². The maximum Gasteiger partial charge on any atom is 0.410 e. The summed E-state index contributed by atoms with van der Waals surface area (Å²) < 4.78 is 10.7. The molecule has 1 amide bonds. The first-order valence-electron chi connectivity index (χ1n) is 7.66. The molecule has 1 saturated heterocycles. The van der Waals surface area contributed by atoms with Gasteiger partial charge < -0.3 is 14.4 Å². The van der Waals surface area contributed by atoms with Crippen molar-refractivity contribution in [2.24, 2.45) is 5.92 Å². The highest BCUT2D eigenvalue weighted by atomic mass is 16.6. The average Bonchev–Trinajstić information content (AvgIpc) is 2.24. The van der Waals surface area contributed by atoms with Crippen molar-refractivity contribution >= 4 is 12.1 Å². The molecule has 0 saturated carbocycles. The zero-order valence-corrected chi connectivity index (χ0v) is 14.2. The fourth-order valence-electron chi connectivity index (χ4n) is 2.27. The molecule has 0 radical (unpaired) electrons. The van der Waals surface area contributed by atoms with Crippen LogP contribution < -0.4 is 0 Å². The standard InChI is InChI=1S/C16H29NO4/c1-15(2,3)20-13(18)11-12-7-9-17(10-8-12)14(19)21-16(4,5)6/h12H,7-11H2,1-6H3. The van der Waals surface area contributed by atoms with Crippen LogP contribution in [-0.4, -0.2) is 41.3 Å². The molecule has 5 nitrogen and oxygen atoms in total. The molecule has 21 heavy (non-hydrogen) atoms. The van der Waals surface area contributed by atoms with Crippen LogP contribution in [0.3, 0.4) is 0 Å². The Balaban J connectivity index is 2.35. The van der Waals surface area contributed by atoms with Crippen LogP contribution >= 0.6 is 0 Å². The molecule has 0 aromatic heterocycles. The lowest BCUT2D eigenvalue weighted by Gasteiger charge is -2.33. The van der Waals surface area contributed by atoms with Crippen LogP contribution in [0.15, 0.2) is 0 Å². The molecule has 0 bridgehead atoms. The smallest absolute Gasteiger partial charge is 0.410 e. The predicted molar refractivity (Wildman–Crippen MR) is 81.0 cm³/mol. The summed E-state index contributed by atoms with van der Waals surface area (Å²) in [5, 5.41) is 0. The van der Waals surface area contributed by atoms with E-state index in [-0.39, 0.29) is 12.1 Å². The molecule has 0 aromatic rings. The fourth-order valence-corrected chi connectivity index (χ4v) is 2.27. The van der Waals surface area contributed by atoms with Crippen LogP contribution in [0.5, 0.6) is 0 Å². The first-order chi connectivity index (χ1) is 9.46. The van der Waals surface area contributed by atoms with Gasteiger partial charge in [0.1, 0.15) is 11.2 Å². The fraction of sp³-hybridized carbons (Fsp3) is 0.875. The molecular weight excluding hydrogens is 270 g/mol. The third-order valence-electron chi connectivity index (χ3n) is 3.14. The number of rotatable bonds is 2. The molecule has 122 valence electrons. The quantitative estimate of drug-likeness (QED) is 0.734. The second-order valence-corrected chi connectivity index (χ2v) is 7.70. The third-order valence-corrected chi connectivity index (χ3v) is 3.14. The van der Waals surface area contributed by atoms with Gasteiger partial charge >= 0.3 is 12.1 Å². The molecular formula is C16H29NO4. The Labute approximate surface area is 128 Å². The van der Waals surface area contributed by atoms with Gasteiger partial charge in [0.05, 0.1) is 0 Å². The van der Waals surface area contributed by atoms with Gasteiger partial charge in [0.25, 0.3) is 0 Å². The first-order valence-corrected chi connectivity index (χ1v) is 7.66. The van der Waals surface area contributed by atoms with Gasteiger partial charge in [-0.25, -0.2) is 4.79 Å². The Hall–Kier alpha value is -1.26.